The number of urea groups is 1. The molecule has 0 aliphatic rings. The lowest BCUT2D eigenvalue weighted by molar-refractivity contribution is 0.236. The standard InChI is InChI=1S/C21H22N4O2/c1-14(20-13-16-7-3-6-10-19(16)27-20)23-21(26)22-11-12-25-15(2)24-17-8-4-5-9-18(17)25/h3-10,13-14H,11-12H2,1-2H3,(H2,22,23,26). The molecule has 4 rings (SSSR count). The maximum Gasteiger partial charge on any atom is 0.315 e. The van der Waals surface area contributed by atoms with Gasteiger partial charge in [-0.1, -0.05) is 30.3 Å². The molecule has 0 aliphatic carbocycles. The fourth-order valence-corrected chi connectivity index (χ4v) is 3.29. The van der Waals surface area contributed by atoms with Crippen LogP contribution in [0.2, 0.25) is 0 Å². The zero-order valence-electron chi connectivity index (χ0n) is 15.4. The summed E-state index contributed by atoms with van der Waals surface area (Å²) in [7, 11) is 0. The lowest BCUT2D eigenvalue weighted by Gasteiger charge is -2.13. The van der Waals surface area contributed by atoms with Crippen LogP contribution >= 0.6 is 0 Å². The van der Waals surface area contributed by atoms with Gasteiger partial charge in [0.15, 0.2) is 0 Å². The molecule has 0 saturated heterocycles. The molecule has 2 aromatic heterocycles. The van der Waals surface area contributed by atoms with E-state index in [2.05, 4.69) is 20.2 Å². The van der Waals surface area contributed by atoms with Gasteiger partial charge in [0.05, 0.1) is 17.1 Å². The molecule has 0 bridgehead atoms. The van der Waals surface area contributed by atoms with Crippen molar-refractivity contribution in [2.45, 2.75) is 26.4 Å². The molecule has 1 unspecified atom stereocenters. The number of rotatable bonds is 5. The highest BCUT2D eigenvalue weighted by Crippen LogP contribution is 2.23. The Kier molecular flexibility index (Phi) is 4.54. The Labute approximate surface area is 157 Å². The number of aromatic nitrogens is 2. The molecule has 6 nitrogen and oxygen atoms in total. The van der Waals surface area contributed by atoms with E-state index in [9.17, 15) is 4.79 Å². The number of aryl methyl sites for hydroxylation is 1. The highest BCUT2D eigenvalue weighted by molar-refractivity contribution is 5.79. The number of imidazole rings is 1. The first-order chi connectivity index (χ1) is 13.1. The quantitative estimate of drug-likeness (QED) is 0.560. The number of hydrogen-bond donors (Lipinski definition) is 2. The molecule has 27 heavy (non-hydrogen) atoms. The molecular formula is C21H22N4O2. The predicted molar refractivity (Wildman–Crippen MR) is 106 cm³/mol. The van der Waals surface area contributed by atoms with Crippen molar-refractivity contribution >= 4 is 28.0 Å². The summed E-state index contributed by atoms with van der Waals surface area (Å²) in [5.41, 5.74) is 2.87. The molecule has 0 spiro atoms. The Bertz CT molecular complexity index is 1060. The van der Waals surface area contributed by atoms with Crippen LogP contribution in [-0.4, -0.2) is 22.1 Å². The molecule has 0 fully saturated rings. The van der Waals surface area contributed by atoms with Crippen LogP contribution in [0, 0.1) is 6.92 Å². The summed E-state index contributed by atoms with van der Waals surface area (Å²) in [5.74, 6) is 1.68. The van der Waals surface area contributed by atoms with Gasteiger partial charge in [-0.2, -0.15) is 0 Å². The van der Waals surface area contributed by atoms with Crippen molar-refractivity contribution in [3.63, 3.8) is 0 Å². The highest BCUT2D eigenvalue weighted by atomic mass is 16.3. The van der Waals surface area contributed by atoms with E-state index in [1.807, 2.05) is 68.4 Å². The molecule has 2 heterocycles. The van der Waals surface area contributed by atoms with Crippen LogP contribution in [0.5, 0.6) is 0 Å². The van der Waals surface area contributed by atoms with Crippen LogP contribution in [0.25, 0.3) is 22.0 Å². The smallest absolute Gasteiger partial charge is 0.315 e. The lowest BCUT2D eigenvalue weighted by atomic mass is 10.2. The molecule has 6 heteroatoms. The zero-order chi connectivity index (χ0) is 18.8. The van der Waals surface area contributed by atoms with E-state index in [1.165, 1.54) is 0 Å². The maximum absolute atomic E-state index is 12.2. The molecule has 0 aliphatic heterocycles. The van der Waals surface area contributed by atoms with Crippen LogP contribution in [0.15, 0.2) is 59.0 Å². The van der Waals surface area contributed by atoms with Crippen LogP contribution < -0.4 is 10.6 Å². The summed E-state index contributed by atoms with van der Waals surface area (Å²) in [6, 6.07) is 17.3. The number of carbonyl (C=O) groups is 1. The van der Waals surface area contributed by atoms with Crippen molar-refractivity contribution in [3.8, 4) is 0 Å². The Hall–Kier alpha value is -3.28. The minimum absolute atomic E-state index is 0.215. The van der Waals surface area contributed by atoms with Gasteiger partial charge in [-0.05, 0) is 38.1 Å². The third kappa shape index (κ3) is 3.51. The third-order valence-corrected chi connectivity index (χ3v) is 4.69. The molecule has 2 N–H and O–H groups in total. The Balaban J connectivity index is 1.34. The van der Waals surface area contributed by atoms with Crippen molar-refractivity contribution in [1.82, 2.24) is 20.2 Å². The van der Waals surface area contributed by atoms with Crippen molar-refractivity contribution in [1.29, 1.82) is 0 Å². The summed E-state index contributed by atoms with van der Waals surface area (Å²) >= 11 is 0. The van der Waals surface area contributed by atoms with Crippen LogP contribution in [-0.2, 0) is 6.54 Å². The van der Waals surface area contributed by atoms with Gasteiger partial charge >= 0.3 is 6.03 Å². The largest absolute Gasteiger partial charge is 0.459 e. The fourth-order valence-electron chi connectivity index (χ4n) is 3.29. The van der Waals surface area contributed by atoms with Gasteiger partial charge in [0, 0.05) is 18.5 Å². The molecule has 0 saturated carbocycles. The summed E-state index contributed by atoms with van der Waals surface area (Å²) in [6.45, 7) is 5.06. The minimum atomic E-state index is -0.218. The average molecular weight is 362 g/mol. The van der Waals surface area contributed by atoms with E-state index in [4.69, 9.17) is 4.42 Å². The molecular weight excluding hydrogens is 340 g/mol. The summed E-state index contributed by atoms with van der Waals surface area (Å²) < 4.78 is 7.91. The first kappa shape index (κ1) is 17.1. The topological polar surface area (TPSA) is 72.1 Å². The number of hydrogen-bond acceptors (Lipinski definition) is 3. The lowest BCUT2D eigenvalue weighted by Crippen LogP contribution is -2.38. The normalized spacial score (nSPS) is 12.4. The number of para-hydroxylation sites is 3. The van der Waals surface area contributed by atoms with Crippen molar-refractivity contribution in [3.05, 3.63) is 66.2 Å². The first-order valence-electron chi connectivity index (χ1n) is 9.06. The van der Waals surface area contributed by atoms with Crippen molar-refractivity contribution < 1.29 is 9.21 Å². The summed E-state index contributed by atoms with van der Waals surface area (Å²) in [6.07, 6.45) is 0. The first-order valence-corrected chi connectivity index (χ1v) is 9.06. The number of fused-ring (bicyclic) bond motifs is 2. The van der Waals surface area contributed by atoms with Gasteiger partial charge in [-0.3, -0.25) is 0 Å². The van der Waals surface area contributed by atoms with Crippen LogP contribution in [0.1, 0.15) is 24.6 Å². The molecule has 2 aromatic carbocycles. The second kappa shape index (κ2) is 7.15. The van der Waals surface area contributed by atoms with Gasteiger partial charge in [-0.25, -0.2) is 9.78 Å². The van der Waals surface area contributed by atoms with Crippen LogP contribution in [0.3, 0.4) is 0 Å². The number of amides is 2. The highest BCUT2D eigenvalue weighted by Gasteiger charge is 2.14. The van der Waals surface area contributed by atoms with E-state index in [0.717, 1.165) is 33.6 Å². The van der Waals surface area contributed by atoms with E-state index in [0.29, 0.717) is 13.1 Å². The van der Waals surface area contributed by atoms with E-state index < -0.39 is 0 Å². The van der Waals surface area contributed by atoms with E-state index in [-0.39, 0.29) is 12.1 Å². The van der Waals surface area contributed by atoms with Crippen molar-refractivity contribution in [2.75, 3.05) is 6.54 Å². The molecule has 138 valence electrons. The third-order valence-electron chi connectivity index (χ3n) is 4.69. The fraction of sp³-hybridized carbons (Fsp3) is 0.238. The second-order valence-electron chi connectivity index (χ2n) is 6.61. The Morgan fingerprint density at radius 3 is 2.81 bits per heavy atom. The van der Waals surface area contributed by atoms with Crippen molar-refractivity contribution in [2.24, 2.45) is 0 Å². The number of nitrogens with zero attached hydrogens (tertiary/aromatic N) is 2. The van der Waals surface area contributed by atoms with Crippen LogP contribution in [0.4, 0.5) is 4.79 Å². The predicted octanol–water partition coefficient (Wildman–Crippen LogP) is 4.15. The average Bonchev–Trinajstić information content (AvgIpc) is 3.23. The summed E-state index contributed by atoms with van der Waals surface area (Å²) in [5, 5.41) is 6.86. The number of benzene rings is 2. The Morgan fingerprint density at radius 1 is 1.19 bits per heavy atom. The second-order valence-corrected chi connectivity index (χ2v) is 6.61. The Morgan fingerprint density at radius 2 is 1.96 bits per heavy atom. The minimum Gasteiger partial charge on any atom is -0.459 e. The SMILES string of the molecule is Cc1nc2ccccc2n1CCNC(=O)NC(C)c1cc2ccccc2o1. The van der Waals surface area contributed by atoms with E-state index >= 15 is 0 Å². The number of nitrogens with one attached hydrogen (secondary N) is 2. The number of carbonyl (C=O) groups excluding carboxylic acids is 1. The molecule has 0 radical (unpaired) electrons. The van der Waals surface area contributed by atoms with Gasteiger partial charge in [0.1, 0.15) is 17.2 Å². The zero-order valence-corrected chi connectivity index (χ0v) is 15.4. The summed E-state index contributed by atoms with van der Waals surface area (Å²) in [4.78, 5) is 16.8. The molecule has 1 atom stereocenters. The number of furan rings is 1. The van der Waals surface area contributed by atoms with Gasteiger partial charge in [0.25, 0.3) is 0 Å². The maximum atomic E-state index is 12.2. The van der Waals surface area contributed by atoms with Gasteiger partial charge in [0.2, 0.25) is 0 Å². The molecule has 2 amide bonds. The monoisotopic (exact) mass is 362 g/mol. The van der Waals surface area contributed by atoms with E-state index in [1.54, 1.807) is 0 Å². The van der Waals surface area contributed by atoms with Gasteiger partial charge in [-0.15, -0.1) is 0 Å². The van der Waals surface area contributed by atoms with Gasteiger partial charge < -0.3 is 19.6 Å². The molecule has 4 aromatic rings.